The van der Waals surface area contributed by atoms with E-state index in [0.717, 1.165) is 11.3 Å². The molecule has 0 spiro atoms. The van der Waals surface area contributed by atoms with Crippen LogP contribution in [0.15, 0.2) is 54.6 Å². The maximum absolute atomic E-state index is 13.5. The molecule has 0 N–H and O–H groups in total. The third-order valence-electron chi connectivity index (χ3n) is 5.80. The van der Waals surface area contributed by atoms with Gasteiger partial charge in [0, 0.05) is 18.7 Å². The standard InChI is InChI=1S/C25H26ClN3O4/c1-3-33-25(31)18-12-14-28(15-13-18)24(30)23-16-21(17-8-10-19(32-2)11-9-17)27-29(23)22-7-5-4-6-20(22)26/h4-11,16,18H,3,12-15H2,1-2H3. The normalized spacial score (nSPS) is 14.2. The Morgan fingerprint density at radius 2 is 1.79 bits per heavy atom. The van der Waals surface area contributed by atoms with Gasteiger partial charge in [0.2, 0.25) is 0 Å². The van der Waals surface area contributed by atoms with Crippen LogP contribution >= 0.6 is 11.6 Å². The molecule has 1 saturated heterocycles. The summed E-state index contributed by atoms with van der Waals surface area (Å²) in [5.74, 6) is 0.236. The van der Waals surface area contributed by atoms with Crippen molar-refractivity contribution in [1.29, 1.82) is 0 Å². The number of benzene rings is 2. The van der Waals surface area contributed by atoms with Gasteiger partial charge in [-0.05, 0) is 62.2 Å². The molecule has 0 radical (unpaired) electrons. The van der Waals surface area contributed by atoms with Gasteiger partial charge in [-0.1, -0.05) is 23.7 Å². The molecule has 0 aliphatic carbocycles. The Labute approximate surface area is 197 Å². The minimum absolute atomic E-state index is 0.149. The summed E-state index contributed by atoms with van der Waals surface area (Å²) in [5, 5.41) is 5.22. The fourth-order valence-corrected chi connectivity index (χ4v) is 4.20. The van der Waals surface area contributed by atoms with Crippen LogP contribution in [0.25, 0.3) is 16.9 Å². The number of carbonyl (C=O) groups excluding carboxylic acids is 2. The summed E-state index contributed by atoms with van der Waals surface area (Å²) in [4.78, 5) is 27.4. The number of rotatable bonds is 6. The number of ether oxygens (including phenoxy) is 2. The van der Waals surface area contributed by atoms with Crippen LogP contribution in [-0.2, 0) is 9.53 Å². The summed E-state index contributed by atoms with van der Waals surface area (Å²) >= 11 is 6.45. The van der Waals surface area contributed by atoms with Gasteiger partial charge in [-0.2, -0.15) is 5.10 Å². The Balaban J connectivity index is 1.65. The molecule has 172 valence electrons. The Kier molecular flexibility index (Phi) is 6.99. The highest BCUT2D eigenvalue weighted by atomic mass is 35.5. The molecule has 1 aliphatic rings. The van der Waals surface area contributed by atoms with E-state index in [1.165, 1.54) is 0 Å². The minimum Gasteiger partial charge on any atom is -0.497 e. The van der Waals surface area contributed by atoms with Gasteiger partial charge in [0.05, 0.1) is 36.0 Å². The second-order valence-electron chi connectivity index (χ2n) is 7.83. The number of nitrogens with zero attached hydrogens (tertiary/aromatic N) is 3. The molecule has 3 aromatic rings. The lowest BCUT2D eigenvalue weighted by atomic mass is 9.97. The maximum Gasteiger partial charge on any atom is 0.309 e. The van der Waals surface area contributed by atoms with Crippen LogP contribution in [-0.4, -0.2) is 53.4 Å². The third kappa shape index (κ3) is 4.88. The quantitative estimate of drug-likeness (QED) is 0.495. The summed E-state index contributed by atoms with van der Waals surface area (Å²) in [6, 6.07) is 16.6. The second-order valence-corrected chi connectivity index (χ2v) is 8.23. The van der Waals surface area contributed by atoms with E-state index in [1.807, 2.05) is 42.5 Å². The predicted molar refractivity (Wildman–Crippen MR) is 126 cm³/mol. The number of hydrogen-bond acceptors (Lipinski definition) is 5. The van der Waals surface area contributed by atoms with E-state index in [2.05, 4.69) is 0 Å². The summed E-state index contributed by atoms with van der Waals surface area (Å²) < 4.78 is 12.0. The van der Waals surface area contributed by atoms with E-state index in [0.29, 0.717) is 54.6 Å². The molecule has 0 bridgehead atoms. The average molecular weight is 468 g/mol. The van der Waals surface area contributed by atoms with E-state index in [4.69, 9.17) is 26.2 Å². The number of amides is 1. The molecule has 1 fully saturated rings. The molecule has 1 aliphatic heterocycles. The van der Waals surface area contributed by atoms with Gasteiger partial charge in [0.1, 0.15) is 11.4 Å². The van der Waals surface area contributed by atoms with Crippen molar-refractivity contribution in [2.45, 2.75) is 19.8 Å². The Morgan fingerprint density at radius 1 is 1.09 bits per heavy atom. The van der Waals surface area contributed by atoms with Crippen molar-refractivity contribution >= 4 is 23.5 Å². The summed E-state index contributed by atoms with van der Waals surface area (Å²) in [6.45, 7) is 3.12. The second kappa shape index (κ2) is 10.1. The van der Waals surface area contributed by atoms with Crippen LogP contribution in [0.3, 0.4) is 0 Å². The first-order chi connectivity index (χ1) is 16.0. The van der Waals surface area contributed by atoms with Gasteiger partial charge in [0.15, 0.2) is 0 Å². The molecule has 0 atom stereocenters. The number of hydrogen-bond donors (Lipinski definition) is 0. The maximum atomic E-state index is 13.5. The van der Waals surface area contributed by atoms with Crippen molar-refractivity contribution < 1.29 is 19.1 Å². The van der Waals surface area contributed by atoms with Crippen LogP contribution in [0.5, 0.6) is 5.75 Å². The SMILES string of the molecule is CCOC(=O)C1CCN(C(=O)c2cc(-c3ccc(OC)cc3)nn2-c2ccccc2Cl)CC1. The highest BCUT2D eigenvalue weighted by Gasteiger charge is 2.30. The van der Waals surface area contributed by atoms with Crippen molar-refractivity contribution in [3.63, 3.8) is 0 Å². The van der Waals surface area contributed by atoms with Gasteiger partial charge < -0.3 is 14.4 Å². The lowest BCUT2D eigenvalue weighted by Gasteiger charge is -2.30. The molecule has 1 aromatic heterocycles. The van der Waals surface area contributed by atoms with Crippen LogP contribution in [0.1, 0.15) is 30.3 Å². The molecule has 33 heavy (non-hydrogen) atoms. The zero-order valence-electron chi connectivity index (χ0n) is 18.7. The molecule has 1 amide bonds. The van der Waals surface area contributed by atoms with E-state index in [-0.39, 0.29) is 17.8 Å². The number of aromatic nitrogens is 2. The highest BCUT2D eigenvalue weighted by molar-refractivity contribution is 6.32. The Hall–Kier alpha value is -3.32. The lowest BCUT2D eigenvalue weighted by Crippen LogP contribution is -2.41. The van der Waals surface area contributed by atoms with E-state index < -0.39 is 0 Å². The van der Waals surface area contributed by atoms with E-state index >= 15 is 0 Å². The van der Waals surface area contributed by atoms with Gasteiger partial charge in [-0.3, -0.25) is 9.59 Å². The first-order valence-electron chi connectivity index (χ1n) is 11.0. The molecule has 2 aromatic carbocycles. The molecule has 2 heterocycles. The van der Waals surface area contributed by atoms with Crippen molar-refractivity contribution in [3.8, 4) is 22.7 Å². The molecular weight excluding hydrogens is 442 g/mol. The number of methoxy groups -OCH3 is 1. The predicted octanol–water partition coefficient (Wildman–Crippen LogP) is 4.62. The van der Waals surface area contributed by atoms with Crippen molar-refractivity contribution in [2.75, 3.05) is 26.8 Å². The summed E-state index contributed by atoms with van der Waals surface area (Å²) in [7, 11) is 1.61. The molecule has 7 nitrogen and oxygen atoms in total. The number of para-hydroxylation sites is 1. The first kappa shape index (κ1) is 22.9. The van der Waals surface area contributed by atoms with Crippen LogP contribution in [0.4, 0.5) is 0 Å². The third-order valence-corrected chi connectivity index (χ3v) is 6.12. The van der Waals surface area contributed by atoms with Crippen LogP contribution in [0, 0.1) is 5.92 Å². The number of piperidine rings is 1. The fraction of sp³-hybridized carbons (Fsp3) is 0.320. The zero-order chi connectivity index (χ0) is 23.4. The van der Waals surface area contributed by atoms with Crippen molar-refractivity contribution in [1.82, 2.24) is 14.7 Å². The number of likely N-dealkylation sites (tertiary alicyclic amines) is 1. The number of carbonyl (C=O) groups is 2. The first-order valence-corrected chi connectivity index (χ1v) is 11.3. The molecule has 0 unspecified atom stereocenters. The molecule has 4 rings (SSSR count). The fourth-order valence-electron chi connectivity index (χ4n) is 3.98. The number of esters is 1. The minimum atomic E-state index is -0.187. The Morgan fingerprint density at radius 3 is 2.42 bits per heavy atom. The van der Waals surface area contributed by atoms with Crippen molar-refractivity contribution in [2.24, 2.45) is 5.92 Å². The van der Waals surface area contributed by atoms with Gasteiger partial charge in [-0.15, -0.1) is 0 Å². The number of halogens is 1. The van der Waals surface area contributed by atoms with E-state index in [1.54, 1.807) is 35.7 Å². The van der Waals surface area contributed by atoms with Gasteiger partial charge in [-0.25, -0.2) is 4.68 Å². The van der Waals surface area contributed by atoms with Crippen molar-refractivity contribution in [3.05, 3.63) is 65.3 Å². The Bertz CT molecular complexity index is 1130. The molecule has 0 saturated carbocycles. The summed E-state index contributed by atoms with van der Waals surface area (Å²) in [6.07, 6.45) is 1.16. The van der Waals surface area contributed by atoms with Crippen LogP contribution in [0.2, 0.25) is 5.02 Å². The zero-order valence-corrected chi connectivity index (χ0v) is 19.4. The smallest absolute Gasteiger partial charge is 0.309 e. The largest absolute Gasteiger partial charge is 0.497 e. The lowest BCUT2D eigenvalue weighted by molar-refractivity contribution is -0.149. The average Bonchev–Trinajstić information content (AvgIpc) is 3.29. The monoisotopic (exact) mass is 467 g/mol. The molecular formula is C25H26ClN3O4. The topological polar surface area (TPSA) is 73.7 Å². The molecule has 8 heteroatoms. The highest BCUT2D eigenvalue weighted by Crippen LogP contribution is 2.28. The van der Waals surface area contributed by atoms with Gasteiger partial charge in [0.25, 0.3) is 5.91 Å². The van der Waals surface area contributed by atoms with Crippen LogP contribution < -0.4 is 4.74 Å². The summed E-state index contributed by atoms with van der Waals surface area (Å²) in [5.41, 5.74) is 2.56. The van der Waals surface area contributed by atoms with Gasteiger partial charge >= 0.3 is 5.97 Å². The van der Waals surface area contributed by atoms with E-state index in [9.17, 15) is 9.59 Å².